The average Bonchev–Trinajstić information content (AvgIpc) is 4.02. The number of rotatable bonds is 6. The minimum Gasteiger partial charge on any atom is -0.303 e. The monoisotopic (exact) mass is 770 g/mol. The van der Waals surface area contributed by atoms with Crippen LogP contribution in [-0.2, 0) is 13.1 Å². The summed E-state index contributed by atoms with van der Waals surface area (Å²) < 4.78 is 34.2. The van der Waals surface area contributed by atoms with Gasteiger partial charge in [-0.25, -0.2) is 38.3 Å². The first-order valence-electron chi connectivity index (χ1n) is 17.4. The zero-order valence-corrected chi connectivity index (χ0v) is 29.7. The number of benzene rings is 4. The van der Waals surface area contributed by atoms with Gasteiger partial charge in [0.05, 0.1) is 70.8 Å². The first kappa shape index (κ1) is 35.1. The van der Waals surface area contributed by atoms with Crippen LogP contribution in [0.5, 0.6) is 0 Å². The largest absolute Gasteiger partial charge is 0.328 e. The van der Waals surface area contributed by atoms with Gasteiger partial charge in [-0.3, -0.25) is 18.3 Å². The molecule has 0 saturated carbocycles. The fourth-order valence-corrected chi connectivity index (χ4v) is 6.47. The van der Waals surface area contributed by atoms with Crippen molar-refractivity contribution in [1.82, 2.24) is 58.1 Å². The molecule has 2 N–H and O–H groups in total. The molecule has 0 aliphatic carbocycles. The summed E-state index contributed by atoms with van der Waals surface area (Å²) in [6.45, 7) is 0.0728. The maximum atomic E-state index is 14.1. The molecule has 10 aromatic rings. The Bertz CT molecular complexity index is 3430. The second-order valence-electron chi connectivity index (χ2n) is 12.9. The van der Waals surface area contributed by atoms with Gasteiger partial charge in [0.15, 0.2) is 11.3 Å². The number of fused-ring (bicyclic) bond motifs is 4. The molecular formula is C40H24F2N14O2. The van der Waals surface area contributed by atoms with Gasteiger partial charge in [-0.15, -0.1) is 0 Å². The van der Waals surface area contributed by atoms with E-state index in [0.29, 0.717) is 67.1 Å². The van der Waals surface area contributed by atoms with E-state index in [1.54, 1.807) is 94.6 Å². The van der Waals surface area contributed by atoms with Crippen LogP contribution in [0.25, 0.3) is 56.3 Å². The quantitative estimate of drug-likeness (QED) is 0.230. The minimum atomic E-state index is -0.406. The molecule has 16 nitrogen and oxygen atoms in total. The van der Waals surface area contributed by atoms with Crippen molar-refractivity contribution in [3.8, 4) is 24.0 Å². The molecule has 0 bridgehead atoms. The number of halogens is 2. The normalized spacial score (nSPS) is 11.2. The van der Waals surface area contributed by atoms with Crippen molar-refractivity contribution >= 4 is 44.4 Å². The van der Waals surface area contributed by atoms with Crippen LogP contribution in [0.1, 0.15) is 22.3 Å². The topological polar surface area (TPSA) is 210 Å². The molecule has 0 atom stereocenters. The third-order valence-corrected chi connectivity index (χ3v) is 9.35. The first-order valence-corrected chi connectivity index (χ1v) is 17.4. The molecule has 18 heteroatoms. The summed E-state index contributed by atoms with van der Waals surface area (Å²) in [4.78, 5) is 56.4. The second kappa shape index (κ2) is 14.2. The lowest BCUT2D eigenvalue weighted by atomic mass is 10.2. The van der Waals surface area contributed by atoms with Crippen LogP contribution in [0.2, 0.25) is 0 Å². The average molecular weight is 771 g/mol. The van der Waals surface area contributed by atoms with Crippen molar-refractivity contribution in [3.05, 3.63) is 165 Å². The highest BCUT2D eigenvalue weighted by atomic mass is 19.1. The van der Waals surface area contributed by atoms with Crippen LogP contribution < -0.4 is 11.4 Å². The maximum absolute atomic E-state index is 14.1. The number of aromatic amines is 2. The van der Waals surface area contributed by atoms with E-state index in [-0.39, 0.29) is 19.0 Å². The maximum Gasteiger partial charge on any atom is 0.328 e. The Balaban J connectivity index is 0.000000150. The first-order chi connectivity index (χ1) is 28.3. The van der Waals surface area contributed by atoms with Crippen LogP contribution in [0.15, 0.2) is 120 Å². The summed E-state index contributed by atoms with van der Waals surface area (Å²) in [5.41, 5.74) is 5.25. The SMILES string of the molecule is N#Cc1ccc2c(c1)ncn2-c1ncc2[nH]c(=O)n(Cc3ccccc3F)c2n1.N#Cc1ccc2ncn(-c3ncc4[nH]c(=O)n(Cc5ccccc5F)c4n3)c2c1. The Labute approximate surface area is 323 Å². The van der Waals surface area contributed by atoms with Gasteiger partial charge in [-0.1, -0.05) is 36.4 Å². The number of aromatic nitrogens is 12. The lowest BCUT2D eigenvalue weighted by Gasteiger charge is -2.06. The molecule has 6 heterocycles. The van der Waals surface area contributed by atoms with Crippen LogP contribution in [0, 0.1) is 34.3 Å². The molecule has 0 saturated heterocycles. The Morgan fingerprint density at radius 1 is 0.586 bits per heavy atom. The summed E-state index contributed by atoms with van der Waals surface area (Å²) in [7, 11) is 0. The molecule has 4 aromatic carbocycles. The van der Waals surface area contributed by atoms with Gasteiger partial charge in [0.1, 0.15) is 35.3 Å². The fraction of sp³-hybridized carbons (Fsp3) is 0.0500. The molecule has 0 spiro atoms. The molecule has 58 heavy (non-hydrogen) atoms. The van der Waals surface area contributed by atoms with E-state index in [0.717, 1.165) is 5.52 Å². The van der Waals surface area contributed by atoms with Crippen molar-refractivity contribution in [2.45, 2.75) is 13.1 Å². The van der Waals surface area contributed by atoms with Crippen molar-refractivity contribution in [3.63, 3.8) is 0 Å². The van der Waals surface area contributed by atoms with Crippen molar-refractivity contribution in [2.24, 2.45) is 0 Å². The Kier molecular flexibility index (Phi) is 8.60. The summed E-state index contributed by atoms with van der Waals surface area (Å²) in [5, 5.41) is 18.2. The third kappa shape index (κ3) is 6.28. The number of H-pyrrole nitrogens is 2. The molecule has 0 amide bonds. The molecule has 10 rings (SSSR count). The number of imidazole rings is 4. The Morgan fingerprint density at radius 3 is 1.64 bits per heavy atom. The highest BCUT2D eigenvalue weighted by molar-refractivity contribution is 5.80. The number of nitrogens with one attached hydrogen (secondary N) is 2. The van der Waals surface area contributed by atoms with Crippen LogP contribution in [0.4, 0.5) is 8.78 Å². The lowest BCUT2D eigenvalue weighted by molar-refractivity contribution is 0.598. The standard InChI is InChI=1S/2C20H12FN7O/c21-14-4-2-1-3-13(14)10-27-18-16(25-20(27)29)9-23-19(26-18)28-11-24-15-7-12(8-22)5-6-17(15)28;21-14-4-2-1-3-13(14)10-27-18-16(25-20(27)29)9-23-19(26-18)28-11-24-15-6-5-12(8-22)7-17(15)28/h2*1-7,9,11H,10H2,(H,25,29). The summed E-state index contributed by atoms with van der Waals surface area (Å²) in [5.74, 6) is -0.188. The molecule has 6 aromatic heterocycles. The van der Waals surface area contributed by atoms with E-state index in [9.17, 15) is 18.4 Å². The zero-order valence-electron chi connectivity index (χ0n) is 29.7. The van der Waals surface area contributed by atoms with E-state index in [2.05, 4.69) is 52.0 Å². The zero-order chi connectivity index (χ0) is 39.9. The Morgan fingerprint density at radius 2 is 1.09 bits per heavy atom. The van der Waals surface area contributed by atoms with E-state index >= 15 is 0 Å². The summed E-state index contributed by atoms with van der Waals surface area (Å²) in [6.07, 6.45) is 6.11. The smallest absolute Gasteiger partial charge is 0.303 e. The molecule has 280 valence electrons. The number of hydrogen-bond acceptors (Lipinski definition) is 10. The lowest BCUT2D eigenvalue weighted by Crippen LogP contribution is -2.18. The van der Waals surface area contributed by atoms with Crippen molar-refractivity contribution < 1.29 is 8.78 Å². The van der Waals surface area contributed by atoms with Crippen molar-refractivity contribution in [2.75, 3.05) is 0 Å². The van der Waals surface area contributed by atoms with Gasteiger partial charge >= 0.3 is 11.4 Å². The molecule has 0 radical (unpaired) electrons. The Hall–Kier alpha value is -8.64. The molecule has 0 aliphatic rings. The van der Waals surface area contributed by atoms with E-state index in [1.165, 1.54) is 33.7 Å². The van der Waals surface area contributed by atoms with E-state index in [1.807, 2.05) is 0 Å². The molecular weight excluding hydrogens is 747 g/mol. The van der Waals surface area contributed by atoms with E-state index < -0.39 is 23.0 Å². The van der Waals surface area contributed by atoms with Crippen molar-refractivity contribution in [1.29, 1.82) is 10.5 Å². The fourth-order valence-electron chi connectivity index (χ4n) is 6.47. The highest BCUT2D eigenvalue weighted by Gasteiger charge is 2.17. The molecule has 0 fully saturated rings. The highest BCUT2D eigenvalue weighted by Crippen LogP contribution is 2.21. The third-order valence-electron chi connectivity index (χ3n) is 9.35. The predicted octanol–water partition coefficient (Wildman–Crippen LogP) is 5.04. The summed E-state index contributed by atoms with van der Waals surface area (Å²) >= 11 is 0. The molecule has 0 aliphatic heterocycles. The summed E-state index contributed by atoms with van der Waals surface area (Å²) in [6, 6.07) is 27.0. The van der Waals surface area contributed by atoms with Gasteiger partial charge in [-0.2, -0.15) is 20.5 Å². The van der Waals surface area contributed by atoms with Gasteiger partial charge < -0.3 is 9.97 Å². The number of nitriles is 2. The minimum absolute atomic E-state index is 0.0330. The van der Waals surface area contributed by atoms with Gasteiger partial charge in [0.2, 0.25) is 11.9 Å². The predicted molar refractivity (Wildman–Crippen MR) is 206 cm³/mol. The van der Waals surface area contributed by atoms with Crippen LogP contribution in [-0.4, -0.2) is 58.1 Å². The molecule has 0 unspecified atom stereocenters. The van der Waals surface area contributed by atoms with Crippen LogP contribution >= 0.6 is 0 Å². The van der Waals surface area contributed by atoms with Gasteiger partial charge in [0.25, 0.3) is 0 Å². The van der Waals surface area contributed by atoms with Crippen LogP contribution in [0.3, 0.4) is 0 Å². The van der Waals surface area contributed by atoms with Gasteiger partial charge in [-0.05, 0) is 48.5 Å². The second-order valence-corrected chi connectivity index (χ2v) is 12.9. The van der Waals surface area contributed by atoms with Gasteiger partial charge in [0, 0.05) is 11.1 Å². The van der Waals surface area contributed by atoms with E-state index in [4.69, 9.17) is 10.5 Å². The number of nitrogens with zero attached hydrogens (tertiary/aromatic N) is 12. The number of hydrogen-bond donors (Lipinski definition) is 2.